The number of carbonyl (C=O) groups excluding carboxylic acids is 1. The van der Waals surface area contributed by atoms with Crippen LogP contribution in [0.15, 0.2) is 18.2 Å². The minimum Gasteiger partial charge on any atom is -0.324 e. The highest BCUT2D eigenvalue weighted by molar-refractivity contribution is 7.88. The van der Waals surface area contributed by atoms with Crippen LogP contribution in [0, 0.1) is 13.8 Å². The van der Waals surface area contributed by atoms with E-state index in [1.54, 1.807) is 0 Å². The number of nitrogens with one attached hydrogen (secondary N) is 1. The van der Waals surface area contributed by atoms with Gasteiger partial charge in [0.1, 0.15) is 6.04 Å². The first kappa shape index (κ1) is 15.0. The Kier molecular flexibility index (Phi) is 4.15. The molecule has 0 aromatic heterocycles. The summed E-state index contributed by atoms with van der Waals surface area (Å²) in [6, 6.07) is 5.22. The summed E-state index contributed by atoms with van der Waals surface area (Å²) in [7, 11) is -3.33. The van der Waals surface area contributed by atoms with Crippen LogP contribution in [0.5, 0.6) is 0 Å². The monoisotopic (exact) mass is 296 g/mol. The Bertz CT molecular complexity index is 625. The quantitative estimate of drug-likeness (QED) is 0.922. The third-order valence-electron chi connectivity index (χ3n) is 3.58. The summed E-state index contributed by atoms with van der Waals surface area (Å²) in [5.74, 6) is -0.248. The van der Waals surface area contributed by atoms with Gasteiger partial charge in [-0.25, -0.2) is 8.42 Å². The molecule has 0 saturated carbocycles. The predicted octanol–water partition coefficient (Wildman–Crippen LogP) is 1.67. The Morgan fingerprint density at radius 2 is 2.05 bits per heavy atom. The lowest BCUT2D eigenvalue weighted by atomic mass is 10.1. The van der Waals surface area contributed by atoms with Crippen LogP contribution in [0.1, 0.15) is 24.0 Å². The average molecular weight is 296 g/mol. The molecule has 20 heavy (non-hydrogen) atoms. The molecule has 5 nitrogen and oxygen atoms in total. The Morgan fingerprint density at radius 3 is 2.70 bits per heavy atom. The molecule has 1 aliphatic heterocycles. The molecule has 0 bridgehead atoms. The van der Waals surface area contributed by atoms with Gasteiger partial charge in [-0.2, -0.15) is 4.31 Å². The summed E-state index contributed by atoms with van der Waals surface area (Å²) in [5, 5.41) is 2.85. The van der Waals surface area contributed by atoms with Gasteiger partial charge in [0, 0.05) is 12.2 Å². The standard InChI is InChI=1S/C14H20N2O3S/c1-10-6-7-11(2)12(9-10)15-14(17)13-5-4-8-16(13)20(3,18)19/h6-7,9,13H,4-5,8H2,1-3H3,(H,15,17)/t13-/m1/s1. The molecule has 0 radical (unpaired) electrons. The molecule has 2 rings (SSSR count). The van der Waals surface area contributed by atoms with Crippen molar-refractivity contribution in [1.29, 1.82) is 0 Å². The number of carbonyl (C=O) groups is 1. The summed E-state index contributed by atoms with van der Waals surface area (Å²) in [4.78, 5) is 12.3. The van der Waals surface area contributed by atoms with Crippen LogP contribution in [-0.2, 0) is 14.8 Å². The first-order valence-electron chi connectivity index (χ1n) is 6.64. The van der Waals surface area contributed by atoms with Gasteiger partial charge in [-0.05, 0) is 43.9 Å². The van der Waals surface area contributed by atoms with E-state index in [0.717, 1.165) is 29.5 Å². The predicted molar refractivity (Wildman–Crippen MR) is 79.1 cm³/mol. The highest BCUT2D eigenvalue weighted by Gasteiger charge is 2.36. The molecule has 0 unspecified atom stereocenters. The first-order valence-corrected chi connectivity index (χ1v) is 8.49. The van der Waals surface area contributed by atoms with Gasteiger partial charge in [-0.15, -0.1) is 0 Å². The molecule has 1 aromatic rings. The third-order valence-corrected chi connectivity index (χ3v) is 4.87. The van der Waals surface area contributed by atoms with E-state index in [4.69, 9.17) is 0 Å². The zero-order valence-electron chi connectivity index (χ0n) is 12.0. The average Bonchev–Trinajstić information content (AvgIpc) is 2.82. The van der Waals surface area contributed by atoms with Crippen molar-refractivity contribution in [2.45, 2.75) is 32.7 Å². The molecule has 110 valence electrons. The van der Waals surface area contributed by atoms with Crippen LogP contribution in [0.25, 0.3) is 0 Å². The molecular formula is C14H20N2O3S. The van der Waals surface area contributed by atoms with E-state index >= 15 is 0 Å². The SMILES string of the molecule is Cc1ccc(C)c(NC(=O)[C@H]2CCCN2S(C)(=O)=O)c1. The maximum absolute atomic E-state index is 12.3. The van der Waals surface area contributed by atoms with Crippen LogP contribution < -0.4 is 5.32 Å². The van der Waals surface area contributed by atoms with Gasteiger partial charge in [-0.3, -0.25) is 4.79 Å². The number of amides is 1. The molecule has 1 aromatic carbocycles. The molecule has 1 saturated heterocycles. The lowest BCUT2D eigenvalue weighted by molar-refractivity contribution is -0.119. The molecule has 1 aliphatic rings. The number of hydrogen-bond acceptors (Lipinski definition) is 3. The van der Waals surface area contributed by atoms with Crippen LogP contribution >= 0.6 is 0 Å². The van der Waals surface area contributed by atoms with Gasteiger partial charge < -0.3 is 5.32 Å². The van der Waals surface area contributed by atoms with E-state index < -0.39 is 16.1 Å². The number of aryl methyl sites for hydroxylation is 2. The maximum atomic E-state index is 12.3. The van der Waals surface area contributed by atoms with Crippen molar-refractivity contribution >= 4 is 21.6 Å². The Balaban J connectivity index is 2.18. The van der Waals surface area contributed by atoms with Crippen LogP contribution in [0.2, 0.25) is 0 Å². The van der Waals surface area contributed by atoms with Crippen molar-refractivity contribution in [2.75, 3.05) is 18.1 Å². The zero-order chi connectivity index (χ0) is 14.9. The summed E-state index contributed by atoms with van der Waals surface area (Å²) in [6.45, 7) is 4.29. The van der Waals surface area contributed by atoms with Gasteiger partial charge in [-0.1, -0.05) is 12.1 Å². The minimum absolute atomic E-state index is 0.248. The highest BCUT2D eigenvalue weighted by Crippen LogP contribution is 2.23. The van der Waals surface area contributed by atoms with Crippen LogP contribution in [-0.4, -0.2) is 37.5 Å². The van der Waals surface area contributed by atoms with E-state index in [-0.39, 0.29) is 5.91 Å². The Labute approximate surface area is 120 Å². The maximum Gasteiger partial charge on any atom is 0.242 e. The molecule has 1 fully saturated rings. The Hall–Kier alpha value is -1.40. The number of nitrogens with zero attached hydrogens (tertiary/aromatic N) is 1. The fraction of sp³-hybridized carbons (Fsp3) is 0.500. The van der Waals surface area contributed by atoms with Crippen molar-refractivity contribution < 1.29 is 13.2 Å². The van der Waals surface area contributed by atoms with Gasteiger partial charge in [0.15, 0.2) is 0 Å². The summed E-state index contributed by atoms with van der Waals surface area (Å²) in [5.41, 5.74) is 2.76. The summed E-state index contributed by atoms with van der Waals surface area (Å²) < 4.78 is 24.6. The molecule has 6 heteroatoms. The Morgan fingerprint density at radius 1 is 1.35 bits per heavy atom. The van der Waals surface area contributed by atoms with Gasteiger partial charge in [0.05, 0.1) is 6.26 Å². The lowest BCUT2D eigenvalue weighted by Crippen LogP contribution is -2.42. The van der Waals surface area contributed by atoms with Gasteiger partial charge in [0.2, 0.25) is 15.9 Å². The molecule has 1 atom stereocenters. The number of rotatable bonds is 3. The fourth-order valence-corrected chi connectivity index (χ4v) is 3.61. The minimum atomic E-state index is -3.33. The number of benzene rings is 1. The van der Waals surface area contributed by atoms with Crippen molar-refractivity contribution in [3.05, 3.63) is 29.3 Å². The van der Waals surface area contributed by atoms with E-state index in [1.807, 2.05) is 32.0 Å². The molecule has 1 N–H and O–H groups in total. The molecule has 1 heterocycles. The summed E-state index contributed by atoms with van der Waals surface area (Å²) in [6.07, 6.45) is 2.44. The topological polar surface area (TPSA) is 66.5 Å². The number of hydrogen-bond donors (Lipinski definition) is 1. The zero-order valence-corrected chi connectivity index (χ0v) is 12.8. The third kappa shape index (κ3) is 3.19. The van der Waals surface area contributed by atoms with Gasteiger partial charge >= 0.3 is 0 Å². The first-order chi connectivity index (χ1) is 9.29. The second-order valence-corrected chi connectivity index (χ2v) is 7.27. The largest absolute Gasteiger partial charge is 0.324 e. The van der Waals surface area contributed by atoms with Crippen molar-refractivity contribution in [3.8, 4) is 0 Å². The highest BCUT2D eigenvalue weighted by atomic mass is 32.2. The molecule has 0 spiro atoms. The normalized spacial score (nSPS) is 20.1. The summed E-state index contributed by atoms with van der Waals surface area (Å²) >= 11 is 0. The van der Waals surface area contributed by atoms with E-state index in [1.165, 1.54) is 4.31 Å². The molecule has 1 amide bonds. The lowest BCUT2D eigenvalue weighted by Gasteiger charge is -2.21. The van der Waals surface area contributed by atoms with E-state index in [9.17, 15) is 13.2 Å². The number of anilines is 1. The van der Waals surface area contributed by atoms with E-state index in [0.29, 0.717) is 13.0 Å². The number of sulfonamides is 1. The fourth-order valence-electron chi connectivity index (χ4n) is 2.49. The second-order valence-electron chi connectivity index (χ2n) is 5.34. The van der Waals surface area contributed by atoms with E-state index in [2.05, 4.69) is 5.32 Å². The molecule has 0 aliphatic carbocycles. The van der Waals surface area contributed by atoms with Crippen molar-refractivity contribution in [3.63, 3.8) is 0 Å². The van der Waals surface area contributed by atoms with Crippen molar-refractivity contribution in [1.82, 2.24) is 4.31 Å². The second kappa shape index (κ2) is 5.54. The van der Waals surface area contributed by atoms with Crippen LogP contribution in [0.3, 0.4) is 0 Å². The van der Waals surface area contributed by atoms with Gasteiger partial charge in [0.25, 0.3) is 0 Å². The van der Waals surface area contributed by atoms with Crippen LogP contribution in [0.4, 0.5) is 5.69 Å². The van der Waals surface area contributed by atoms with Crippen molar-refractivity contribution in [2.24, 2.45) is 0 Å². The molecular weight excluding hydrogens is 276 g/mol. The smallest absolute Gasteiger partial charge is 0.242 e.